The van der Waals surface area contributed by atoms with Crippen LogP contribution in [0.15, 0.2) is 24.3 Å². The highest BCUT2D eigenvalue weighted by atomic mass is 16.2. The van der Waals surface area contributed by atoms with E-state index in [1.165, 1.54) is 11.1 Å². The average Bonchev–Trinajstić information content (AvgIpc) is 2.68. The van der Waals surface area contributed by atoms with Gasteiger partial charge in [0.05, 0.1) is 24.1 Å². The number of hydrogen-bond donors (Lipinski definition) is 2. The topological polar surface area (TPSA) is 51.4 Å². The number of aryl methyl sites for hydroxylation is 3. The van der Waals surface area contributed by atoms with Gasteiger partial charge in [0.15, 0.2) is 6.54 Å². The zero-order chi connectivity index (χ0) is 16.3. The van der Waals surface area contributed by atoms with Gasteiger partial charge in [-0.15, -0.1) is 0 Å². The number of nitrogens with one attached hydrogen (secondary N) is 2. The molecular formula is C17H25N4O+. The third-order valence-electron chi connectivity index (χ3n) is 3.86. The average molecular weight is 301 g/mol. The summed E-state index contributed by atoms with van der Waals surface area (Å²) in [5, 5.41) is 7.30. The van der Waals surface area contributed by atoms with E-state index in [0.29, 0.717) is 6.54 Å². The lowest BCUT2D eigenvalue weighted by Crippen LogP contribution is -3.08. The second kappa shape index (κ2) is 6.75. The summed E-state index contributed by atoms with van der Waals surface area (Å²) >= 11 is 0. The summed E-state index contributed by atoms with van der Waals surface area (Å²) in [6.07, 6.45) is 0. The lowest BCUT2D eigenvalue weighted by Gasteiger charge is -2.14. The van der Waals surface area contributed by atoms with Crippen molar-refractivity contribution in [2.75, 3.05) is 18.9 Å². The van der Waals surface area contributed by atoms with Crippen molar-refractivity contribution < 1.29 is 9.69 Å². The maximum atomic E-state index is 12.2. The van der Waals surface area contributed by atoms with Crippen LogP contribution < -0.4 is 10.2 Å². The fourth-order valence-corrected chi connectivity index (χ4v) is 2.53. The van der Waals surface area contributed by atoms with Gasteiger partial charge in [0.1, 0.15) is 6.54 Å². The Kier molecular flexibility index (Phi) is 4.98. The van der Waals surface area contributed by atoms with Gasteiger partial charge in [0.25, 0.3) is 5.91 Å². The van der Waals surface area contributed by atoms with Gasteiger partial charge in [-0.05, 0) is 20.8 Å². The molecule has 1 atom stereocenters. The maximum Gasteiger partial charge on any atom is 0.279 e. The molecule has 2 rings (SSSR count). The zero-order valence-corrected chi connectivity index (χ0v) is 14.0. The molecule has 2 N–H and O–H groups in total. The number of anilines is 1. The number of carbonyl (C=O) groups is 1. The van der Waals surface area contributed by atoms with Gasteiger partial charge in [0.2, 0.25) is 0 Å². The highest BCUT2D eigenvalue weighted by Crippen LogP contribution is 2.17. The summed E-state index contributed by atoms with van der Waals surface area (Å²) in [6.45, 7) is 7.21. The van der Waals surface area contributed by atoms with Crippen LogP contribution in [0.3, 0.4) is 0 Å². The molecule has 1 aromatic heterocycles. The van der Waals surface area contributed by atoms with Crippen LogP contribution in [-0.2, 0) is 18.4 Å². The Morgan fingerprint density at radius 2 is 1.86 bits per heavy atom. The van der Waals surface area contributed by atoms with Crippen LogP contribution in [0.2, 0.25) is 0 Å². The summed E-state index contributed by atoms with van der Waals surface area (Å²) < 4.78 is 1.79. The minimum atomic E-state index is 0.0174. The fourth-order valence-electron chi connectivity index (χ4n) is 2.53. The Bertz CT molecular complexity index is 658. The molecule has 0 saturated carbocycles. The fraction of sp³-hybridized carbons (Fsp3) is 0.412. The number of aromatic nitrogens is 2. The smallest absolute Gasteiger partial charge is 0.279 e. The van der Waals surface area contributed by atoms with E-state index < -0.39 is 0 Å². The number of hydrogen-bond acceptors (Lipinski definition) is 2. The summed E-state index contributed by atoms with van der Waals surface area (Å²) in [5.74, 6) is 0.0174. The number of likely N-dealkylation sites (N-methyl/N-ethyl adjacent to an activating group) is 1. The van der Waals surface area contributed by atoms with Crippen LogP contribution in [0.1, 0.15) is 22.5 Å². The molecule has 5 heteroatoms. The van der Waals surface area contributed by atoms with E-state index in [1.807, 2.05) is 27.9 Å². The zero-order valence-electron chi connectivity index (χ0n) is 14.0. The summed E-state index contributed by atoms with van der Waals surface area (Å²) in [4.78, 5) is 13.4. The summed E-state index contributed by atoms with van der Waals surface area (Å²) in [7, 11) is 3.91. The van der Waals surface area contributed by atoms with Crippen molar-refractivity contribution in [3.05, 3.63) is 46.8 Å². The predicted molar refractivity (Wildman–Crippen MR) is 87.9 cm³/mol. The number of benzene rings is 1. The first-order valence-electron chi connectivity index (χ1n) is 7.53. The molecule has 1 amide bonds. The van der Waals surface area contributed by atoms with Crippen LogP contribution in [-0.4, -0.2) is 29.3 Å². The van der Waals surface area contributed by atoms with E-state index in [4.69, 9.17) is 0 Å². The largest absolute Gasteiger partial charge is 0.326 e. The molecule has 0 bridgehead atoms. The Labute approximate surface area is 131 Å². The minimum absolute atomic E-state index is 0.0174. The number of rotatable bonds is 5. The first-order chi connectivity index (χ1) is 10.4. The van der Waals surface area contributed by atoms with Crippen molar-refractivity contribution >= 4 is 11.6 Å². The quantitative estimate of drug-likeness (QED) is 0.865. The minimum Gasteiger partial charge on any atom is -0.326 e. The summed E-state index contributed by atoms with van der Waals surface area (Å²) in [6, 6.07) is 8.44. The molecule has 118 valence electrons. The van der Waals surface area contributed by atoms with Gasteiger partial charge in [-0.1, -0.05) is 29.8 Å². The van der Waals surface area contributed by atoms with E-state index in [0.717, 1.165) is 28.5 Å². The van der Waals surface area contributed by atoms with Gasteiger partial charge < -0.3 is 10.2 Å². The summed E-state index contributed by atoms with van der Waals surface area (Å²) in [5.41, 5.74) is 5.15. The Morgan fingerprint density at radius 1 is 1.23 bits per heavy atom. The second-order valence-corrected chi connectivity index (χ2v) is 6.01. The number of amides is 1. The van der Waals surface area contributed by atoms with Crippen molar-refractivity contribution in [3.63, 3.8) is 0 Å². The molecule has 1 aromatic carbocycles. The highest BCUT2D eigenvalue weighted by Gasteiger charge is 2.15. The molecule has 1 heterocycles. The van der Waals surface area contributed by atoms with E-state index in [9.17, 15) is 4.79 Å². The normalized spacial score (nSPS) is 12.2. The van der Waals surface area contributed by atoms with Crippen molar-refractivity contribution in [1.29, 1.82) is 0 Å². The molecule has 5 nitrogen and oxygen atoms in total. The number of nitrogens with zero attached hydrogens (tertiary/aromatic N) is 2. The molecule has 22 heavy (non-hydrogen) atoms. The molecule has 0 aliphatic carbocycles. The Morgan fingerprint density at radius 3 is 2.41 bits per heavy atom. The van der Waals surface area contributed by atoms with Crippen molar-refractivity contribution in [2.24, 2.45) is 7.05 Å². The van der Waals surface area contributed by atoms with Crippen molar-refractivity contribution in [1.82, 2.24) is 9.78 Å². The molecule has 0 saturated heterocycles. The molecule has 0 spiro atoms. The van der Waals surface area contributed by atoms with Crippen LogP contribution in [0, 0.1) is 20.8 Å². The van der Waals surface area contributed by atoms with Crippen molar-refractivity contribution in [3.8, 4) is 0 Å². The van der Waals surface area contributed by atoms with E-state index in [1.54, 1.807) is 4.68 Å². The van der Waals surface area contributed by atoms with Gasteiger partial charge >= 0.3 is 0 Å². The highest BCUT2D eigenvalue weighted by molar-refractivity contribution is 5.92. The molecule has 0 aliphatic rings. The molecule has 0 fully saturated rings. The predicted octanol–water partition coefficient (Wildman–Crippen LogP) is 0.999. The monoisotopic (exact) mass is 301 g/mol. The van der Waals surface area contributed by atoms with E-state index >= 15 is 0 Å². The SMILES string of the molecule is Cc1ccc(C[NH+](C)CC(=O)Nc2c(C)nn(C)c2C)cc1. The molecule has 0 aliphatic heterocycles. The number of quaternary nitrogens is 1. The molecular weight excluding hydrogens is 276 g/mol. The van der Waals surface area contributed by atoms with Gasteiger partial charge in [-0.25, -0.2) is 0 Å². The van der Waals surface area contributed by atoms with E-state index in [2.05, 4.69) is 41.6 Å². The lowest BCUT2D eigenvalue weighted by atomic mass is 10.1. The molecule has 1 unspecified atom stereocenters. The number of carbonyl (C=O) groups excluding carboxylic acids is 1. The standard InChI is InChI=1S/C17H24N4O/c1-12-6-8-15(9-7-12)10-20(4)11-16(22)18-17-13(2)19-21(5)14(17)3/h6-9H,10-11H2,1-5H3,(H,18,22)/p+1. The van der Waals surface area contributed by atoms with Gasteiger partial charge in [0, 0.05) is 12.6 Å². The first-order valence-corrected chi connectivity index (χ1v) is 7.53. The van der Waals surface area contributed by atoms with Crippen LogP contribution in [0.25, 0.3) is 0 Å². The van der Waals surface area contributed by atoms with Gasteiger partial charge in [-0.3, -0.25) is 9.48 Å². The van der Waals surface area contributed by atoms with Crippen LogP contribution in [0.5, 0.6) is 0 Å². The lowest BCUT2D eigenvalue weighted by molar-refractivity contribution is -0.885. The molecule has 0 radical (unpaired) electrons. The first kappa shape index (κ1) is 16.2. The third kappa shape index (κ3) is 3.95. The third-order valence-corrected chi connectivity index (χ3v) is 3.86. The second-order valence-electron chi connectivity index (χ2n) is 6.01. The van der Waals surface area contributed by atoms with E-state index in [-0.39, 0.29) is 5.91 Å². The Balaban J connectivity index is 1.92. The van der Waals surface area contributed by atoms with Gasteiger partial charge in [-0.2, -0.15) is 5.10 Å². The molecule has 2 aromatic rings. The maximum absolute atomic E-state index is 12.2. The van der Waals surface area contributed by atoms with Crippen LogP contribution in [0.4, 0.5) is 5.69 Å². The van der Waals surface area contributed by atoms with Crippen molar-refractivity contribution in [2.45, 2.75) is 27.3 Å². The van der Waals surface area contributed by atoms with Crippen LogP contribution >= 0.6 is 0 Å². The Hall–Kier alpha value is -2.14.